The number of nitrogens with zero attached hydrogens (tertiary/aromatic N) is 3. The van der Waals surface area contributed by atoms with Crippen LogP contribution in [0, 0.1) is 5.82 Å². The van der Waals surface area contributed by atoms with Crippen LogP contribution < -0.4 is 15.8 Å². The molecule has 1 aliphatic rings. The van der Waals surface area contributed by atoms with E-state index in [1.807, 2.05) is 0 Å². The van der Waals surface area contributed by atoms with Gasteiger partial charge in [0.2, 0.25) is 0 Å². The standard InChI is InChI=1S/C18H17F4N5O3/c1-17(7-12(18(20,21)22)25-16(23)30-17)14-10(19)4-6-13(26-14)27-15(28)11-5-3-9(29-2)8-24-11/h3-6,8,12H,7H2,1-2H3,(H2,23,25)(H,26,27,28)/t12-,17-/m0/s1. The zero-order valence-electron chi connectivity index (χ0n) is 15.8. The molecule has 0 aliphatic carbocycles. The van der Waals surface area contributed by atoms with Gasteiger partial charge >= 0.3 is 6.18 Å². The third kappa shape index (κ3) is 4.42. The number of halogens is 4. The molecule has 0 fully saturated rings. The Hall–Kier alpha value is -3.44. The highest BCUT2D eigenvalue weighted by Gasteiger charge is 2.50. The van der Waals surface area contributed by atoms with Gasteiger partial charge in [-0.2, -0.15) is 13.2 Å². The number of rotatable bonds is 4. The number of alkyl halides is 3. The normalized spacial score (nSPS) is 21.4. The molecule has 3 N–H and O–H groups in total. The molecule has 3 heterocycles. The maximum Gasteiger partial charge on any atom is 0.411 e. The minimum Gasteiger partial charge on any atom is -0.495 e. The van der Waals surface area contributed by atoms with Crippen molar-refractivity contribution in [3.8, 4) is 5.75 Å². The van der Waals surface area contributed by atoms with E-state index in [2.05, 4.69) is 20.3 Å². The van der Waals surface area contributed by atoms with E-state index in [1.165, 1.54) is 32.4 Å². The van der Waals surface area contributed by atoms with Gasteiger partial charge in [-0.1, -0.05) is 0 Å². The SMILES string of the molecule is COc1ccc(C(=O)Nc2ccc(F)c([C@]3(C)C[C@@H](C(F)(F)F)N=C(N)O3)n2)nc1. The number of hydrogen-bond donors (Lipinski definition) is 2. The van der Waals surface area contributed by atoms with Crippen LogP contribution in [0.15, 0.2) is 35.5 Å². The number of nitrogens with one attached hydrogen (secondary N) is 1. The third-order valence-corrected chi connectivity index (χ3v) is 4.37. The highest BCUT2D eigenvalue weighted by atomic mass is 19.4. The largest absolute Gasteiger partial charge is 0.495 e. The summed E-state index contributed by atoms with van der Waals surface area (Å²) in [5.41, 5.74) is 3.12. The Kier molecular flexibility index (Phi) is 5.51. The summed E-state index contributed by atoms with van der Waals surface area (Å²) in [6.45, 7) is 1.22. The summed E-state index contributed by atoms with van der Waals surface area (Å²) in [7, 11) is 1.44. The van der Waals surface area contributed by atoms with Crippen LogP contribution in [-0.4, -0.2) is 41.2 Å². The molecule has 8 nitrogen and oxygen atoms in total. The van der Waals surface area contributed by atoms with Crippen molar-refractivity contribution in [3.05, 3.63) is 47.7 Å². The zero-order valence-corrected chi connectivity index (χ0v) is 15.8. The second kappa shape index (κ2) is 7.76. The number of anilines is 1. The van der Waals surface area contributed by atoms with E-state index < -0.39 is 47.7 Å². The highest BCUT2D eigenvalue weighted by molar-refractivity contribution is 6.02. The molecule has 30 heavy (non-hydrogen) atoms. The molecular formula is C18H17F4N5O3. The number of carbonyl (C=O) groups excluding carboxylic acids is 1. The summed E-state index contributed by atoms with van der Waals surface area (Å²) >= 11 is 0. The number of nitrogens with two attached hydrogens (primary N) is 1. The molecule has 0 bridgehead atoms. The van der Waals surface area contributed by atoms with Crippen LogP contribution in [-0.2, 0) is 10.3 Å². The summed E-state index contributed by atoms with van der Waals surface area (Å²) in [6.07, 6.45) is -4.11. The van der Waals surface area contributed by atoms with Crippen molar-refractivity contribution in [2.45, 2.75) is 31.2 Å². The van der Waals surface area contributed by atoms with E-state index >= 15 is 0 Å². The summed E-state index contributed by atoms with van der Waals surface area (Å²) in [6, 6.07) is 2.11. The molecule has 12 heteroatoms. The Labute approximate surface area is 168 Å². The predicted octanol–water partition coefficient (Wildman–Crippen LogP) is 2.76. The van der Waals surface area contributed by atoms with Gasteiger partial charge in [-0.05, 0) is 31.2 Å². The topological polar surface area (TPSA) is 112 Å². The van der Waals surface area contributed by atoms with E-state index in [9.17, 15) is 22.4 Å². The first-order valence-electron chi connectivity index (χ1n) is 8.59. The monoisotopic (exact) mass is 427 g/mol. The number of amidine groups is 1. The first-order chi connectivity index (χ1) is 14.0. The van der Waals surface area contributed by atoms with E-state index in [0.717, 1.165) is 12.1 Å². The molecule has 1 aliphatic heterocycles. The van der Waals surface area contributed by atoms with E-state index in [4.69, 9.17) is 15.2 Å². The van der Waals surface area contributed by atoms with Gasteiger partial charge in [0.05, 0.1) is 13.3 Å². The van der Waals surface area contributed by atoms with Crippen LogP contribution in [0.2, 0.25) is 0 Å². The van der Waals surface area contributed by atoms with Crippen LogP contribution >= 0.6 is 0 Å². The smallest absolute Gasteiger partial charge is 0.411 e. The van der Waals surface area contributed by atoms with Gasteiger partial charge in [0.15, 0.2) is 11.6 Å². The van der Waals surface area contributed by atoms with Crippen molar-refractivity contribution in [2.75, 3.05) is 12.4 Å². The summed E-state index contributed by atoms with van der Waals surface area (Å²) in [4.78, 5) is 23.4. The number of amides is 1. The zero-order chi connectivity index (χ0) is 22.1. The number of carbonyl (C=O) groups is 1. The van der Waals surface area contributed by atoms with E-state index in [1.54, 1.807) is 0 Å². The molecule has 0 spiro atoms. The molecule has 0 radical (unpaired) electrons. The lowest BCUT2D eigenvalue weighted by atomic mass is 9.91. The van der Waals surface area contributed by atoms with Gasteiger partial charge < -0.3 is 20.5 Å². The Morgan fingerprint density at radius 1 is 1.33 bits per heavy atom. The molecule has 160 valence electrons. The average molecular weight is 427 g/mol. The van der Waals surface area contributed by atoms with Crippen LogP contribution in [0.1, 0.15) is 29.5 Å². The Balaban J connectivity index is 1.87. The molecule has 0 saturated heterocycles. The fourth-order valence-electron chi connectivity index (χ4n) is 2.90. The Morgan fingerprint density at radius 3 is 2.67 bits per heavy atom. The summed E-state index contributed by atoms with van der Waals surface area (Å²) < 4.78 is 64.1. The lowest BCUT2D eigenvalue weighted by Crippen LogP contribution is -2.46. The van der Waals surface area contributed by atoms with E-state index in [-0.39, 0.29) is 11.5 Å². The second-order valence-electron chi connectivity index (χ2n) is 6.63. The lowest BCUT2D eigenvalue weighted by Gasteiger charge is -2.36. The molecule has 3 rings (SSSR count). The Bertz CT molecular complexity index is 981. The third-order valence-electron chi connectivity index (χ3n) is 4.37. The molecular weight excluding hydrogens is 410 g/mol. The van der Waals surface area contributed by atoms with E-state index in [0.29, 0.717) is 5.75 Å². The number of ether oxygens (including phenoxy) is 2. The first-order valence-corrected chi connectivity index (χ1v) is 8.59. The van der Waals surface area contributed by atoms with Crippen LogP contribution in [0.25, 0.3) is 0 Å². The van der Waals surface area contributed by atoms with Crippen LogP contribution in [0.5, 0.6) is 5.75 Å². The number of methoxy groups -OCH3 is 1. The number of aromatic nitrogens is 2. The molecule has 0 aromatic carbocycles. The Morgan fingerprint density at radius 2 is 2.07 bits per heavy atom. The summed E-state index contributed by atoms with van der Waals surface area (Å²) in [5, 5.41) is 2.41. The maximum atomic E-state index is 14.5. The average Bonchev–Trinajstić information content (AvgIpc) is 2.68. The fourth-order valence-corrected chi connectivity index (χ4v) is 2.90. The minimum absolute atomic E-state index is 0.0251. The lowest BCUT2D eigenvalue weighted by molar-refractivity contribution is -0.164. The van der Waals surface area contributed by atoms with Gasteiger partial charge in [0, 0.05) is 6.42 Å². The predicted molar refractivity (Wildman–Crippen MR) is 97.5 cm³/mol. The molecule has 2 aromatic heterocycles. The number of aliphatic imine (C=N–C) groups is 1. The first kappa shape index (κ1) is 21.3. The van der Waals surface area contributed by atoms with Crippen LogP contribution in [0.3, 0.4) is 0 Å². The van der Waals surface area contributed by atoms with Crippen molar-refractivity contribution in [3.63, 3.8) is 0 Å². The van der Waals surface area contributed by atoms with Gasteiger partial charge in [-0.3, -0.25) is 4.79 Å². The van der Waals surface area contributed by atoms with Gasteiger partial charge in [-0.15, -0.1) is 0 Å². The molecule has 0 unspecified atom stereocenters. The molecule has 0 saturated carbocycles. The van der Waals surface area contributed by atoms with Gasteiger partial charge in [0.1, 0.15) is 28.8 Å². The van der Waals surface area contributed by atoms with Crippen LogP contribution in [0.4, 0.5) is 23.4 Å². The number of hydrogen-bond acceptors (Lipinski definition) is 7. The number of pyridine rings is 2. The molecule has 1 amide bonds. The summed E-state index contributed by atoms with van der Waals surface area (Å²) in [5.74, 6) is -1.25. The minimum atomic E-state index is -4.70. The second-order valence-corrected chi connectivity index (χ2v) is 6.63. The van der Waals surface area contributed by atoms with Gasteiger partial charge in [0.25, 0.3) is 11.9 Å². The van der Waals surface area contributed by atoms with Crippen molar-refractivity contribution >= 4 is 17.7 Å². The van der Waals surface area contributed by atoms with Gasteiger partial charge in [-0.25, -0.2) is 19.4 Å². The maximum absolute atomic E-state index is 14.5. The molecule has 2 aromatic rings. The van der Waals surface area contributed by atoms with Crippen molar-refractivity contribution in [1.82, 2.24) is 9.97 Å². The fraction of sp³-hybridized carbons (Fsp3) is 0.333. The van der Waals surface area contributed by atoms with Crippen molar-refractivity contribution in [2.24, 2.45) is 10.7 Å². The van der Waals surface area contributed by atoms with Crippen molar-refractivity contribution < 1.29 is 31.8 Å². The quantitative estimate of drug-likeness (QED) is 0.726. The van der Waals surface area contributed by atoms with Crippen molar-refractivity contribution in [1.29, 1.82) is 0 Å². The highest BCUT2D eigenvalue weighted by Crippen LogP contribution is 2.40. The molecule has 2 atom stereocenters.